The van der Waals surface area contributed by atoms with E-state index in [2.05, 4.69) is 42.2 Å². The molecule has 120 valence electrons. The van der Waals surface area contributed by atoms with Crippen LogP contribution in [-0.2, 0) is 0 Å². The lowest BCUT2D eigenvalue weighted by Crippen LogP contribution is -2.54. The zero-order chi connectivity index (χ0) is 15.3. The molecule has 1 saturated heterocycles. The molecule has 1 N–H and O–H groups in total. The molecule has 4 heteroatoms. The van der Waals surface area contributed by atoms with Gasteiger partial charge in [-0.3, -0.25) is 5.32 Å². The van der Waals surface area contributed by atoms with Crippen LogP contribution in [-0.4, -0.2) is 61.7 Å². The third-order valence-electron chi connectivity index (χ3n) is 5.24. The van der Waals surface area contributed by atoms with Crippen LogP contribution in [0.3, 0.4) is 0 Å². The van der Waals surface area contributed by atoms with Gasteiger partial charge in [0.15, 0.2) is 0 Å². The molecule has 0 aromatic rings. The van der Waals surface area contributed by atoms with E-state index in [4.69, 9.17) is 0 Å². The van der Waals surface area contributed by atoms with Gasteiger partial charge in [-0.15, -0.1) is 0 Å². The summed E-state index contributed by atoms with van der Waals surface area (Å²) in [7, 11) is 4.34. The highest BCUT2D eigenvalue weighted by Gasteiger charge is 2.38. The molecule has 1 saturated carbocycles. The lowest BCUT2D eigenvalue weighted by atomic mass is 9.78. The first-order valence-corrected chi connectivity index (χ1v) is 8.63. The lowest BCUT2D eigenvalue weighted by molar-refractivity contribution is 0.0780. The third-order valence-corrected chi connectivity index (χ3v) is 5.24. The Labute approximate surface area is 130 Å². The van der Waals surface area contributed by atoms with Crippen LogP contribution in [0, 0.1) is 17.2 Å². The maximum atomic E-state index is 9.59. The Kier molecular flexibility index (Phi) is 6.04. The molecule has 0 bridgehead atoms. The first-order valence-electron chi connectivity index (χ1n) is 8.63. The van der Waals surface area contributed by atoms with Gasteiger partial charge in [-0.05, 0) is 78.2 Å². The van der Waals surface area contributed by atoms with E-state index in [0.29, 0.717) is 6.04 Å². The Balaban J connectivity index is 1.87. The van der Waals surface area contributed by atoms with Crippen molar-refractivity contribution in [2.45, 2.75) is 57.0 Å². The third kappa shape index (κ3) is 4.42. The highest BCUT2D eigenvalue weighted by Crippen LogP contribution is 2.33. The molecule has 0 aromatic carbocycles. The van der Waals surface area contributed by atoms with Crippen molar-refractivity contribution in [3.05, 3.63) is 0 Å². The lowest BCUT2D eigenvalue weighted by Gasteiger charge is -2.44. The fourth-order valence-electron chi connectivity index (χ4n) is 4.21. The van der Waals surface area contributed by atoms with E-state index in [9.17, 15) is 5.26 Å². The summed E-state index contributed by atoms with van der Waals surface area (Å²) in [4.78, 5) is 4.97. The van der Waals surface area contributed by atoms with E-state index in [0.717, 1.165) is 25.3 Å². The molecule has 1 aliphatic carbocycles. The molecule has 4 nitrogen and oxygen atoms in total. The fourth-order valence-corrected chi connectivity index (χ4v) is 4.21. The summed E-state index contributed by atoms with van der Waals surface area (Å²) in [5.74, 6) is 0.856. The van der Waals surface area contributed by atoms with Crippen LogP contribution in [0.4, 0.5) is 0 Å². The smallest absolute Gasteiger partial charge is 0.108 e. The van der Waals surface area contributed by atoms with E-state index < -0.39 is 0 Å². The molecule has 2 unspecified atom stereocenters. The van der Waals surface area contributed by atoms with E-state index >= 15 is 0 Å². The standard InChI is InChI=1S/C17H32N4/c1-4-19-17(14-18)9-5-6-16(12-17)21-10-7-15(8-11-21)13-20(2)3/h15-16,19H,4-13H2,1-3H3. The van der Waals surface area contributed by atoms with Crippen LogP contribution in [0.5, 0.6) is 0 Å². The first kappa shape index (κ1) is 16.7. The van der Waals surface area contributed by atoms with E-state index in [1.54, 1.807) is 0 Å². The predicted octanol–water partition coefficient (Wildman–Crippen LogP) is 2.07. The minimum atomic E-state index is -0.266. The normalized spacial score (nSPS) is 32.2. The summed E-state index contributed by atoms with van der Waals surface area (Å²) < 4.78 is 0. The topological polar surface area (TPSA) is 42.3 Å². The minimum absolute atomic E-state index is 0.266. The van der Waals surface area contributed by atoms with Crippen LogP contribution in [0.2, 0.25) is 0 Å². The first-order chi connectivity index (χ1) is 10.1. The number of nitrogens with one attached hydrogen (secondary N) is 1. The van der Waals surface area contributed by atoms with Crippen molar-refractivity contribution in [2.75, 3.05) is 40.3 Å². The maximum Gasteiger partial charge on any atom is 0.108 e. The molecule has 0 amide bonds. The molecule has 2 aliphatic rings. The van der Waals surface area contributed by atoms with Crippen LogP contribution in [0.25, 0.3) is 0 Å². The number of nitrogens with zero attached hydrogens (tertiary/aromatic N) is 3. The number of hydrogen-bond donors (Lipinski definition) is 1. The summed E-state index contributed by atoms with van der Waals surface area (Å²) >= 11 is 0. The van der Waals surface area contributed by atoms with Crippen molar-refractivity contribution >= 4 is 0 Å². The molecule has 0 aromatic heterocycles. The average Bonchev–Trinajstić information content (AvgIpc) is 2.48. The molecule has 0 spiro atoms. The van der Waals surface area contributed by atoms with Gasteiger partial charge in [0.1, 0.15) is 5.54 Å². The zero-order valence-electron chi connectivity index (χ0n) is 14.1. The van der Waals surface area contributed by atoms with Gasteiger partial charge >= 0.3 is 0 Å². The summed E-state index contributed by atoms with van der Waals surface area (Å²) in [6.07, 6.45) is 7.11. The highest BCUT2D eigenvalue weighted by atomic mass is 15.2. The highest BCUT2D eigenvalue weighted by molar-refractivity contribution is 5.11. The number of hydrogen-bond acceptors (Lipinski definition) is 4. The largest absolute Gasteiger partial charge is 0.309 e. The Bertz CT molecular complexity index is 350. The minimum Gasteiger partial charge on any atom is -0.309 e. The molecule has 2 fully saturated rings. The van der Waals surface area contributed by atoms with E-state index in [1.165, 1.54) is 45.3 Å². The van der Waals surface area contributed by atoms with Crippen molar-refractivity contribution in [2.24, 2.45) is 5.92 Å². The number of piperidine rings is 1. The molecule has 2 atom stereocenters. The molecular formula is C17H32N4. The summed E-state index contributed by atoms with van der Waals surface area (Å²) in [5, 5.41) is 13.1. The quantitative estimate of drug-likeness (QED) is 0.842. The fraction of sp³-hybridized carbons (Fsp3) is 0.941. The summed E-state index contributed by atoms with van der Waals surface area (Å²) in [6, 6.07) is 3.19. The molecule has 1 heterocycles. The maximum absolute atomic E-state index is 9.59. The Morgan fingerprint density at radius 1 is 1.29 bits per heavy atom. The van der Waals surface area contributed by atoms with Crippen LogP contribution >= 0.6 is 0 Å². The van der Waals surface area contributed by atoms with Gasteiger partial charge in [0, 0.05) is 12.6 Å². The van der Waals surface area contributed by atoms with Crippen molar-refractivity contribution in [3.8, 4) is 6.07 Å². The molecule has 21 heavy (non-hydrogen) atoms. The van der Waals surface area contributed by atoms with Crippen LogP contribution in [0.1, 0.15) is 45.4 Å². The Hall–Kier alpha value is -0.630. The van der Waals surface area contributed by atoms with Crippen molar-refractivity contribution in [1.82, 2.24) is 15.1 Å². The molecule has 1 aliphatic heterocycles. The van der Waals surface area contributed by atoms with Gasteiger partial charge in [0.2, 0.25) is 0 Å². The SMILES string of the molecule is CCNC1(C#N)CCCC(N2CCC(CN(C)C)CC2)C1. The zero-order valence-corrected chi connectivity index (χ0v) is 14.1. The second-order valence-electron chi connectivity index (χ2n) is 7.22. The van der Waals surface area contributed by atoms with E-state index in [-0.39, 0.29) is 5.54 Å². The summed E-state index contributed by atoms with van der Waals surface area (Å²) in [5.41, 5.74) is -0.266. The van der Waals surface area contributed by atoms with Gasteiger partial charge in [-0.2, -0.15) is 5.26 Å². The number of likely N-dealkylation sites (tertiary alicyclic amines) is 1. The molecular weight excluding hydrogens is 260 g/mol. The molecule has 0 radical (unpaired) electrons. The number of rotatable bonds is 5. The monoisotopic (exact) mass is 292 g/mol. The van der Waals surface area contributed by atoms with Crippen molar-refractivity contribution in [1.29, 1.82) is 5.26 Å². The van der Waals surface area contributed by atoms with Gasteiger partial charge in [0.25, 0.3) is 0 Å². The summed E-state index contributed by atoms with van der Waals surface area (Å²) in [6.45, 7) is 6.66. The Morgan fingerprint density at radius 3 is 2.57 bits per heavy atom. The van der Waals surface area contributed by atoms with Crippen molar-refractivity contribution < 1.29 is 0 Å². The van der Waals surface area contributed by atoms with Crippen LogP contribution < -0.4 is 5.32 Å². The predicted molar refractivity (Wildman–Crippen MR) is 87.1 cm³/mol. The number of nitriles is 1. The van der Waals surface area contributed by atoms with Gasteiger partial charge in [0.05, 0.1) is 6.07 Å². The molecule has 2 rings (SSSR count). The van der Waals surface area contributed by atoms with Crippen LogP contribution in [0.15, 0.2) is 0 Å². The van der Waals surface area contributed by atoms with Gasteiger partial charge in [-0.25, -0.2) is 0 Å². The van der Waals surface area contributed by atoms with Crippen molar-refractivity contribution in [3.63, 3.8) is 0 Å². The second kappa shape index (κ2) is 7.58. The second-order valence-corrected chi connectivity index (χ2v) is 7.22. The van der Waals surface area contributed by atoms with Gasteiger partial charge in [-0.1, -0.05) is 6.92 Å². The van der Waals surface area contributed by atoms with Gasteiger partial charge < -0.3 is 9.80 Å². The average molecular weight is 292 g/mol. The Morgan fingerprint density at radius 2 is 2.00 bits per heavy atom. The van der Waals surface area contributed by atoms with E-state index in [1.807, 2.05) is 0 Å².